The third-order valence-electron chi connectivity index (χ3n) is 3.64. The number of halogens is 2. The van der Waals surface area contributed by atoms with Crippen LogP contribution in [-0.2, 0) is 12.8 Å². The second kappa shape index (κ2) is 4.99. The first-order chi connectivity index (χ1) is 9.16. The summed E-state index contributed by atoms with van der Waals surface area (Å²) in [4.78, 5) is 12.5. The van der Waals surface area contributed by atoms with Gasteiger partial charge in [-0.05, 0) is 36.1 Å². The molecule has 0 atom stereocenters. The maximum absolute atomic E-state index is 12.5. The maximum Gasteiger partial charge on any atom is 0.168 e. The molecule has 0 spiro atoms. The zero-order valence-corrected chi connectivity index (χ0v) is 11.7. The molecule has 2 aromatic carbocycles. The number of carbonyl (C=O) groups is 1. The predicted octanol–water partition coefficient (Wildman–Crippen LogP) is 4.59. The van der Waals surface area contributed by atoms with E-state index in [-0.39, 0.29) is 11.7 Å². The molecule has 3 heteroatoms. The van der Waals surface area contributed by atoms with Gasteiger partial charge in [-0.2, -0.15) is 0 Å². The fourth-order valence-corrected chi connectivity index (χ4v) is 3.05. The molecule has 1 aliphatic rings. The number of hydrogen-bond acceptors (Lipinski definition) is 1. The summed E-state index contributed by atoms with van der Waals surface area (Å²) in [7, 11) is 0. The molecule has 0 aromatic heterocycles. The van der Waals surface area contributed by atoms with Crippen molar-refractivity contribution in [3.05, 3.63) is 69.2 Å². The predicted molar refractivity (Wildman–Crippen MR) is 78.1 cm³/mol. The monoisotopic (exact) mass is 290 g/mol. The third-order valence-corrected chi connectivity index (χ3v) is 4.46. The minimum atomic E-state index is -0.0200. The smallest absolute Gasteiger partial charge is 0.168 e. The van der Waals surface area contributed by atoms with Gasteiger partial charge in [0, 0.05) is 11.5 Å². The second-order valence-corrected chi connectivity index (χ2v) is 5.62. The minimum absolute atomic E-state index is 0.0200. The van der Waals surface area contributed by atoms with Crippen molar-refractivity contribution in [1.29, 1.82) is 0 Å². The van der Waals surface area contributed by atoms with Crippen LogP contribution in [0.25, 0.3) is 0 Å². The molecular formula is C16H12Cl2O. The molecule has 19 heavy (non-hydrogen) atoms. The summed E-state index contributed by atoms with van der Waals surface area (Å²) in [5.74, 6) is 0.0667. The molecule has 0 heterocycles. The van der Waals surface area contributed by atoms with E-state index < -0.39 is 0 Å². The van der Waals surface area contributed by atoms with E-state index in [2.05, 4.69) is 12.1 Å². The van der Waals surface area contributed by atoms with Gasteiger partial charge in [0.25, 0.3) is 0 Å². The van der Waals surface area contributed by atoms with E-state index >= 15 is 0 Å². The van der Waals surface area contributed by atoms with Gasteiger partial charge in [0.15, 0.2) is 5.78 Å². The molecule has 0 saturated carbocycles. The number of hydrogen-bond donors (Lipinski definition) is 0. The molecule has 3 rings (SSSR count). The molecule has 0 radical (unpaired) electrons. The van der Waals surface area contributed by atoms with Crippen molar-refractivity contribution < 1.29 is 4.79 Å². The number of fused-ring (bicyclic) bond motifs is 1. The van der Waals surface area contributed by atoms with Gasteiger partial charge in [-0.25, -0.2) is 0 Å². The highest BCUT2D eigenvalue weighted by molar-refractivity contribution is 6.44. The lowest BCUT2D eigenvalue weighted by molar-refractivity contribution is 0.0925. The van der Waals surface area contributed by atoms with Gasteiger partial charge in [-0.1, -0.05) is 53.5 Å². The Balaban J connectivity index is 1.89. The van der Waals surface area contributed by atoms with Gasteiger partial charge in [0.1, 0.15) is 0 Å². The molecule has 0 bridgehead atoms. The van der Waals surface area contributed by atoms with E-state index in [4.69, 9.17) is 23.2 Å². The Bertz CT molecular complexity index is 624. The lowest BCUT2D eigenvalue weighted by Gasteiger charge is -2.10. The maximum atomic E-state index is 12.5. The van der Waals surface area contributed by atoms with Gasteiger partial charge < -0.3 is 0 Å². The molecule has 0 saturated heterocycles. The van der Waals surface area contributed by atoms with Crippen LogP contribution in [0.15, 0.2) is 42.5 Å². The van der Waals surface area contributed by atoms with Crippen molar-refractivity contribution in [2.45, 2.75) is 12.8 Å². The highest BCUT2D eigenvalue weighted by Gasteiger charge is 2.29. The fourth-order valence-electron chi connectivity index (χ4n) is 2.66. The fraction of sp³-hybridized carbons (Fsp3) is 0.188. The van der Waals surface area contributed by atoms with E-state index in [0.29, 0.717) is 15.6 Å². The van der Waals surface area contributed by atoms with Crippen molar-refractivity contribution in [2.75, 3.05) is 0 Å². The molecular weight excluding hydrogens is 279 g/mol. The molecule has 1 aliphatic carbocycles. The molecule has 0 aliphatic heterocycles. The number of rotatable bonds is 2. The first-order valence-electron chi connectivity index (χ1n) is 6.22. The van der Waals surface area contributed by atoms with Crippen LogP contribution < -0.4 is 0 Å². The standard InChI is InChI=1S/C16H12Cl2O/c17-14-7-3-6-13(15(14)18)16(19)12-8-10-4-1-2-5-11(10)9-12/h1-7,12H,8-9H2. The largest absolute Gasteiger partial charge is 0.294 e. The van der Waals surface area contributed by atoms with Crippen molar-refractivity contribution in [3.8, 4) is 0 Å². The highest BCUT2D eigenvalue weighted by atomic mass is 35.5. The normalized spacial score (nSPS) is 14.4. The topological polar surface area (TPSA) is 17.1 Å². The average Bonchev–Trinajstić information content (AvgIpc) is 2.85. The number of benzene rings is 2. The summed E-state index contributed by atoms with van der Waals surface area (Å²) in [6, 6.07) is 13.4. The Morgan fingerprint density at radius 2 is 1.58 bits per heavy atom. The molecule has 0 fully saturated rings. The first-order valence-corrected chi connectivity index (χ1v) is 6.97. The van der Waals surface area contributed by atoms with Crippen LogP contribution in [-0.4, -0.2) is 5.78 Å². The third kappa shape index (κ3) is 2.29. The Labute approximate surface area is 122 Å². The Morgan fingerprint density at radius 3 is 2.21 bits per heavy atom. The van der Waals surface area contributed by atoms with Crippen molar-refractivity contribution in [2.24, 2.45) is 5.92 Å². The number of carbonyl (C=O) groups excluding carboxylic acids is 1. The van der Waals surface area contributed by atoms with Gasteiger partial charge >= 0.3 is 0 Å². The molecule has 1 nitrogen and oxygen atoms in total. The van der Waals surface area contributed by atoms with Gasteiger partial charge in [-0.15, -0.1) is 0 Å². The van der Waals surface area contributed by atoms with Crippen LogP contribution in [0, 0.1) is 5.92 Å². The van der Waals surface area contributed by atoms with Crippen LogP contribution in [0.5, 0.6) is 0 Å². The van der Waals surface area contributed by atoms with Gasteiger partial charge in [0.05, 0.1) is 10.0 Å². The summed E-state index contributed by atoms with van der Waals surface area (Å²) in [6.07, 6.45) is 1.58. The molecule has 0 N–H and O–H groups in total. The Kier molecular flexibility index (Phi) is 3.34. The van der Waals surface area contributed by atoms with Crippen molar-refractivity contribution in [3.63, 3.8) is 0 Å². The summed E-state index contributed by atoms with van der Waals surface area (Å²) in [5, 5.41) is 0.799. The van der Waals surface area contributed by atoms with Crippen LogP contribution in [0.3, 0.4) is 0 Å². The van der Waals surface area contributed by atoms with Gasteiger partial charge in [0.2, 0.25) is 0 Å². The van der Waals surface area contributed by atoms with Gasteiger partial charge in [-0.3, -0.25) is 4.79 Å². The van der Waals surface area contributed by atoms with E-state index in [0.717, 1.165) is 12.8 Å². The number of ketones is 1. The van der Waals surface area contributed by atoms with Crippen LogP contribution in [0.2, 0.25) is 10.0 Å². The Morgan fingerprint density at radius 1 is 0.947 bits per heavy atom. The van der Waals surface area contributed by atoms with E-state index in [1.807, 2.05) is 12.1 Å². The lowest BCUT2D eigenvalue weighted by Crippen LogP contribution is -2.15. The molecule has 96 valence electrons. The molecule has 2 aromatic rings. The van der Waals surface area contributed by atoms with E-state index in [9.17, 15) is 4.79 Å². The summed E-state index contributed by atoms with van der Waals surface area (Å²) < 4.78 is 0. The summed E-state index contributed by atoms with van der Waals surface area (Å²) in [6.45, 7) is 0. The van der Waals surface area contributed by atoms with Crippen LogP contribution in [0.4, 0.5) is 0 Å². The average molecular weight is 291 g/mol. The summed E-state index contributed by atoms with van der Waals surface area (Å²) in [5.41, 5.74) is 3.06. The zero-order valence-electron chi connectivity index (χ0n) is 10.2. The first kappa shape index (κ1) is 12.7. The second-order valence-electron chi connectivity index (χ2n) is 4.84. The van der Waals surface area contributed by atoms with Crippen molar-refractivity contribution >= 4 is 29.0 Å². The van der Waals surface area contributed by atoms with E-state index in [1.54, 1.807) is 18.2 Å². The molecule has 0 amide bonds. The molecule has 0 unspecified atom stereocenters. The Hall–Kier alpha value is -1.31. The number of Topliss-reactive ketones (excluding diaryl/α,β-unsaturated/α-hetero) is 1. The van der Waals surface area contributed by atoms with Crippen LogP contribution >= 0.6 is 23.2 Å². The highest BCUT2D eigenvalue weighted by Crippen LogP contribution is 2.32. The van der Waals surface area contributed by atoms with Crippen LogP contribution in [0.1, 0.15) is 21.5 Å². The quantitative estimate of drug-likeness (QED) is 0.739. The zero-order chi connectivity index (χ0) is 13.4. The van der Waals surface area contributed by atoms with Crippen molar-refractivity contribution in [1.82, 2.24) is 0 Å². The lowest BCUT2D eigenvalue weighted by atomic mass is 9.95. The minimum Gasteiger partial charge on any atom is -0.294 e. The van der Waals surface area contributed by atoms with E-state index in [1.165, 1.54) is 11.1 Å². The summed E-state index contributed by atoms with van der Waals surface area (Å²) >= 11 is 12.1. The SMILES string of the molecule is O=C(c1cccc(Cl)c1Cl)C1Cc2ccccc2C1.